The topological polar surface area (TPSA) is 69.6 Å². The number of hydrogen-bond donors (Lipinski definition) is 1. The fourth-order valence-electron chi connectivity index (χ4n) is 4.34. The Morgan fingerprint density at radius 2 is 1.79 bits per heavy atom. The number of pyridine rings is 1. The summed E-state index contributed by atoms with van der Waals surface area (Å²) in [7, 11) is 0. The predicted octanol–water partition coefficient (Wildman–Crippen LogP) is 5.17. The number of hydrogen-bond acceptors (Lipinski definition) is 4. The minimum absolute atomic E-state index is 0.142. The Balaban J connectivity index is 1.57. The van der Waals surface area contributed by atoms with Crippen LogP contribution in [0.1, 0.15) is 68.3 Å². The predicted molar refractivity (Wildman–Crippen MR) is 132 cm³/mol. The van der Waals surface area contributed by atoms with Crippen molar-refractivity contribution in [1.82, 2.24) is 9.88 Å². The molecule has 0 fully saturated rings. The Hall–Kier alpha value is -3.54. The van der Waals surface area contributed by atoms with Crippen LogP contribution in [0.25, 0.3) is 0 Å². The Morgan fingerprint density at radius 1 is 1.00 bits per heavy atom. The molecule has 1 aliphatic rings. The molecule has 0 saturated heterocycles. The van der Waals surface area contributed by atoms with Crippen LogP contribution >= 0.6 is 0 Å². The van der Waals surface area contributed by atoms with Gasteiger partial charge in [0.05, 0.1) is 6.04 Å². The third-order valence-corrected chi connectivity index (χ3v) is 6.24. The first-order valence-corrected chi connectivity index (χ1v) is 12.0. The van der Waals surface area contributed by atoms with Crippen molar-refractivity contribution in [2.75, 3.05) is 6.79 Å². The lowest BCUT2D eigenvalue weighted by molar-refractivity contribution is -0.125. The van der Waals surface area contributed by atoms with E-state index in [0.29, 0.717) is 24.3 Å². The van der Waals surface area contributed by atoms with E-state index in [2.05, 4.69) is 24.4 Å². The van der Waals surface area contributed by atoms with Gasteiger partial charge in [0.1, 0.15) is 6.04 Å². The molecule has 1 N–H and O–H groups in total. The molecule has 1 amide bonds. The van der Waals surface area contributed by atoms with Gasteiger partial charge in [0.15, 0.2) is 11.5 Å². The molecule has 0 radical (unpaired) electrons. The lowest BCUT2D eigenvalue weighted by atomic mass is 10.0. The minimum Gasteiger partial charge on any atom is -0.454 e. The summed E-state index contributed by atoms with van der Waals surface area (Å²) in [6, 6.07) is 18.5. The summed E-state index contributed by atoms with van der Waals surface area (Å²) in [4.78, 5) is 26.4. The number of rotatable bonds is 10. The molecule has 6 nitrogen and oxygen atoms in total. The molecule has 0 aliphatic carbocycles. The second kappa shape index (κ2) is 11.1. The van der Waals surface area contributed by atoms with E-state index >= 15 is 0 Å². The Kier molecular flexibility index (Phi) is 7.68. The van der Waals surface area contributed by atoms with Crippen LogP contribution in [0.5, 0.6) is 11.5 Å². The van der Waals surface area contributed by atoms with Crippen LogP contribution in [-0.2, 0) is 11.2 Å². The van der Waals surface area contributed by atoms with E-state index < -0.39 is 6.04 Å². The van der Waals surface area contributed by atoms with E-state index in [9.17, 15) is 9.59 Å². The molecule has 2 atom stereocenters. The Labute approximate surface area is 200 Å². The normalized spacial score (nSPS) is 13.9. The van der Waals surface area contributed by atoms with Gasteiger partial charge in [-0.1, -0.05) is 69.2 Å². The van der Waals surface area contributed by atoms with E-state index in [-0.39, 0.29) is 24.3 Å². The number of unbranched alkanes of at least 4 members (excludes halogenated alkanes) is 1. The number of fused-ring (bicyclic) bond motifs is 1. The standard InChI is InChI=1S/C28H32N2O4/c1-3-5-11-24(30-18-21(12-15-27(30)31)16-20-9-7-6-8-10-20)28(32)29-23(4-2)22-13-14-25-26(17-22)34-19-33-25/h6-10,12-15,17-18,23-24H,3-5,11,16,19H2,1-2H3,(H,29,32)/t23-,24?/m0/s1. The van der Waals surface area contributed by atoms with Crippen molar-refractivity contribution in [2.45, 2.75) is 58.0 Å². The number of benzene rings is 2. The molecule has 0 bridgehead atoms. The van der Waals surface area contributed by atoms with Crippen LogP contribution in [0.4, 0.5) is 0 Å². The number of aromatic nitrogens is 1. The molecule has 34 heavy (non-hydrogen) atoms. The number of nitrogens with one attached hydrogen (secondary N) is 1. The molecule has 2 heterocycles. The fraction of sp³-hybridized carbons (Fsp3) is 0.357. The van der Waals surface area contributed by atoms with Crippen molar-refractivity contribution in [3.63, 3.8) is 0 Å². The average Bonchev–Trinajstić information content (AvgIpc) is 3.33. The van der Waals surface area contributed by atoms with Crippen molar-refractivity contribution in [1.29, 1.82) is 0 Å². The maximum absolute atomic E-state index is 13.5. The third-order valence-electron chi connectivity index (χ3n) is 6.24. The highest BCUT2D eigenvalue weighted by molar-refractivity contribution is 5.80. The molecule has 1 unspecified atom stereocenters. The van der Waals surface area contributed by atoms with Gasteiger partial charge in [-0.15, -0.1) is 0 Å². The maximum atomic E-state index is 13.5. The highest BCUT2D eigenvalue weighted by atomic mass is 16.7. The smallest absolute Gasteiger partial charge is 0.251 e. The van der Waals surface area contributed by atoms with Crippen LogP contribution < -0.4 is 20.3 Å². The second-order valence-corrected chi connectivity index (χ2v) is 8.69. The van der Waals surface area contributed by atoms with E-state index in [0.717, 1.165) is 36.0 Å². The SMILES string of the molecule is CCCCC(C(=O)N[C@@H](CC)c1ccc2c(c1)OCO2)n1cc(Cc2ccccc2)ccc1=O. The lowest BCUT2D eigenvalue weighted by Crippen LogP contribution is -2.38. The highest BCUT2D eigenvalue weighted by Gasteiger charge is 2.25. The van der Waals surface area contributed by atoms with Gasteiger partial charge in [-0.2, -0.15) is 0 Å². The zero-order valence-corrected chi connectivity index (χ0v) is 19.8. The van der Waals surface area contributed by atoms with Gasteiger partial charge in [0.25, 0.3) is 5.56 Å². The van der Waals surface area contributed by atoms with Crippen LogP contribution in [0.15, 0.2) is 71.7 Å². The lowest BCUT2D eigenvalue weighted by Gasteiger charge is -2.24. The zero-order valence-electron chi connectivity index (χ0n) is 19.8. The summed E-state index contributed by atoms with van der Waals surface area (Å²) in [5, 5.41) is 3.18. The van der Waals surface area contributed by atoms with E-state index in [4.69, 9.17) is 9.47 Å². The Bertz CT molecular complexity index is 1170. The number of nitrogens with zero attached hydrogens (tertiary/aromatic N) is 1. The number of carbonyl (C=O) groups excluding carboxylic acids is 1. The number of ether oxygens (including phenoxy) is 2. The quantitative estimate of drug-likeness (QED) is 0.453. The molecule has 1 aliphatic heterocycles. The van der Waals surface area contributed by atoms with Gasteiger partial charge in [-0.3, -0.25) is 9.59 Å². The van der Waals surface area contributed by atoms with Gasteiger partial charge in [-0.05, 0) is 48.1 Å². The third kappa shape index (κ3) is 5.50. The summed E-state index contributed by atoms with van der Waals surface area (Å²) < 4.78 is 12.5. The summed E-state index contributed by atoms with van der Waals surface area (Å²) in [6.45, 7) is 4.33. The molecule has 1 aromatic heterocycles. The first-order valence-electron chi connectivity index (χ1n) is 12.0. The van der Waals surface area contributed by atoms with Crippen molar-refractivity contribution in [3.05, 3.63) is 93.9 Å². The highest BCUT2D eigenvalue weighted by Crippen LogP contribution is 2.35. The molecular formula is C28H32N2O4. The maximum Gasteiger partial charge on any atom is 0.251 e. The van der Waals surface area contributed by atoms with Gasteiger partial charge >= 0.3 is 0 Å². The van der Waals surface area contributed by atoms with Gasteiger partial charge in [0, 0.05) is 12.3 Å². The second-order valence-electron chi connectivity index (χ2n) is 8.69. The first kappa shape index (κ1) is 23.6. The average molecular weight is 461 g/mol. The van der Waals surface area contributed by atoms with Crippen LogP contribution in [0, 0.1) is 0 Å². The minimum atomic E-state index is -0.564. The van der Waals surface area contributed by atoms with E-state index in [1.807, 2.05) is 55.6 Å². The van der Waals surface area contributed by atoms with Crippen molar-refractivity contribution >= 4 is 5.91 Å². The Morgan fingerprint density at radius 3 is 2.56 bits per heavy atom. The molecule has 6 heteroatoms. The van der Waals surface area contributed by atoms with Gasteiger partial charge in [0.2, 0.25) is 12.7 Å². The molecular weight excluding hydrogens is 428 g/mol. The molecule has 0 saturated carbocycles. The summed E-state index contributed by atoms with van der Waals surface area (Å²) in [6.07, 6.45) is 5.67. The molecule has 178 valence electrons. The van der Waals surface area contributed by atoms with Crippen LogP contribution in [0.3, 0.4) is 0 Å². The number of amides is 1. The van der Waals surface area contributed by atoms with Crippen molar-refractivity contribution < 1.29 is 14.3 Å². The van der Waals surface area contributed by atoms with E-state index in [1.165, 1.54) is 0 Å². The molecule has 4 rings (SSSR count). The molecule has 2 aromatic carbocycles. The number of carbonyl (C=O) groups is 1. The summed E-state index contributed by atoms with van der Waals surface area (Å²) in [5.74, 6) is 1.27. The molecule has 3 aromatic rings. The zero-order chi connectivity index (χ0) is 23.9. The first-order chi connectivity index (χ1) is 16.6. The van der Waals surface area contributed by atoms with Crippen LogP contribution in [-0.4, -0.2) is 17.3 Å². The van der Waals surface area contributed by atoms with Gasteiger partial charge < -0.3 is 19.4 Å². The fourth-order valence-corrected chi connectivity index (χ4v) is 4.34. The molecule has 0 spiro atoms. The van der Waals surface area contributed by atoms with Crippen molar-refractivity contribution in [2.24, 2.45) is 0 Å². The van der Waals surface area contributed by atoms with Gasteiger partial charge in [-0.25, -0.2) is 0 Å². The summed E-state index contributed by atoms with van der Waals surface area (Å²) in [5.41, 5.74) is 2.96. The van der Waals surface area contributed by atoms with Crippen molar-refractivity contribution in [3.8, 4) is 11.5 Å². The monoisotopic (exact) mass is 460 g/mol. The van der Waals surface area contributed by atoms with Crippen LogP contribution in [0.2, 0.25) is 0 Å². The largest absolute Gasteiger partial charge is 0.454 e. The summed E-state index contributed by atoms with van der Waals surface area (Å²) >= 11 is 0. The van der Waals surface area contributed by atoms with E-state index in [1.54, 1.807) is 10.6 Å².